The molecule has 0 aliphatic heterocycles. The van der Waals surface area contributed by atoms with Crippen molar-refractivity contribution in [2.45, 2.75) is 39.0 Å². The first-order chi connectivity index (χ1) is 14.2. The lowest BCUT2D eigenvalue weighted by Gasteiger charge is -2.31. The smallest absolute Gasteiger partial charge is 0.338 e. The zero-order chi connectivity index (χ0) is 22.3. The van der Waals surface area contributed by atoms with Gasteiger partial charge < -0.3 is 14.3 Å². The molecule has 0 aromatic heterocycles. The summed E-state index contributed by atoms with van der Waals surface area (Å²) < 4.78 is 10.5. The molecule has 0 bridgehead atoms. The van der Waals surface area contributed by atoms with Crippen molar-refractivity contribution in [2.75, 3.05) is 0 Å². The molecule has 5 nitrogen and oxygen atoms in total. The zero-order valence-electron chi connectivity index (χ0n) is 17.6. The molecule has 0 unspecified atom stereocenters. The van der Waals surface area contributed by atoms with Crippen LogP contribution in [0.5, 0.6) is 11.5 Å². The molecule has 2 rings (SSSR count). The van der Waals surface area contributed by atoms with Gasteiger partial charge in [-0.2, -0.15) is 0 Å². The van der Waals surface area contributed by atoms with Gasteiger partial charge in [-0.1, -0.05) is 44.3 Å². The van der Waals surface area contributed by atoms with Crippen molar-refractivity contribution in [1.82, 2.24) is 0 Å². The largest absolute Gasteiger partial charge is 0.423 e. The Balaban J connectivity index is 2.31. The molecule has 0 spiro atoms. The number of hydrogen-bond acceptors (Lipinski definition) is 5. The molecule has 0 fully saturated rings. The number of hydrogen-bond donors (Lipinski definition) is 0. The van der Waals surface area contributed by atoms with E-state index >= 15 is 0 Å². The molecule has 5 heteroatoms. The van der Waals surface area contributed by atoms with E-state index in [0.717, 1.165) is 17.4 Å². The van der Waals surface area contributed by atoms with Crippen LogP contribution in [0.25, 0.3) is 0 Å². The van der Waals surface area contributed by atoms with E-state index in [0.29, 0.717) is 35.5 Å². The van der Waals surface area contributed by atoms with Crippen molar-refractivity contribution in [3.8, 4) is 11.5 Å². The maximum atomic E-state index is 11.7. The Morgan fingerprint density at radius 2 is 1.20 bits per heavy atom. The van der Waals surface area contributed by atoms with Crippen molar-refractivity contribution in [3.63, 3.8) is 0 Å². The van der Waals surface area contributed by atoms with Gasteiger partial charge in [0.1, 0.15) is 17.8 Å². The van der Waals surface area contributed by atoms with E-state index in [2.05, 4.69) is 13.2 Å². The molecule has 0 aliphatic rings. The highest BCUT2D eigenvalue weighted by Gasteiger charge is 2.29. The highest BCUT2D eigenvalue weighted by molar-refractivity contribution is 5.89. The standard InChI is InChI=1S/C25H26O5/c1-17(2)23(27)29-21-11-7-19(8-12-21)25(5,15-6-16-26)20-9-13-22(14-10-20)30-24(28)18(3)4/h7-14,16H,1,3,6,15H2,2,4-5H3. The van der Waals surface area contributed by atoms with Crippen LogP contribution in [-0.4, -0.2) is 18.2 Å². The second-order valence-corrected chi connectivity index (χ2v) is 7.43. The molecule has 0 saturated carbocycles. The van der Waals surface area contributed by atoms with Gasteiger partial charge in [-0.3, -0.25) is 0 Å². The van der Waals surface area contributed by atoms with E-state index < -0.39 is 17.4 Å². The van der Waals surface area contributed by atoms with Crippen molar-refractivity contribution in [3.05, 3.63) is 84.0 Å². The minimum absolute atomic E-state index is 0.322. The molecular formula is C25H26O5. The average Bonchev–Trinajstić information content (AvgIpc) is 2.72. The van der Waals surface area contributed by atoms with E-state index in [1.165, 1.54) is 0 Å². The Morgan fingerprint density at radius 1 is 0.833 bits per heavy atom. The van der Waals surface area contributed by atoms with Crippen LogP contribution >= 0.6 is 0 Å². The summed E-state index contributed by atoms with van der Waals surface area (Å²) in [7, 11) is 0. The molecule has 0 heterocycles. The third-order valence-electron chi connectivity index (χ3n) is 4.86. The fourth-order valence-electron chi connectivity index (χ4n) is 2.97. The third-order valence-corrected chi connectivity index (χ3v) is 4.86. The zero-order valence-corrected chi connectivity index (χ0v) is 17.6. The van der Waals surface area contributed by atoms with Crippen LogP contribution in [0.4, 0.5) is 0 Å². The van der Waals surface area contributed by atoms with Gasteiger partial charge in [-0.05, 0) is 55.7 Å². The summed E-state index contributed by atoms with van der Waals surface area (Å²) in [5, 5.41) is 0. The number of carbonyl (C=O) groups is 3. The van der Waals surface area contributed by atoms with Gasteiger partial charge in [-0.15, -0.1) is 0 Å². The lowest BCUT2D eigenvalue weighted by atomic mass is 9.73. The predicted octanol–water partition coefficient (Wildman–Crippen LogP) is 4.93. The lowest BCUT2D eigenvalue weighted by Crippen LogP contribution is -2.24. The average molecular weight is 406 g/mol. The summed E-state index contributed by atoms with van der Waals surface area (Å²) >= 11 is 0. The third kappa shape index (κ3) is 5.54. The summed E-state index contributed by atoms with van der Waals surface area (Å²) in [6.07, 6.45) is 1.87. The topological polar surface area (TPSA) is 69.7 Å². The molecule has 0 N–H and O–H groups in total. The quantitative estimate of drug-likeness (QED) is 0.255. The van der Waals surface area contributed by atoms with E-state index in [9.17, 15) is 14.4 Å². The van der Waals surface area contributed by atoms with Crippen molar-refractivity contribution in [2.24, 2.45) is 0 Å². The van der Waals surface area contributed by atoms with Crippen LogP contribution in [0.15, 0.2) is 72.8 Å². The summed E-state index contributed by atoms with van der Waals surface area (Å²) in [5.41, 5.74) is 2.11. The maximum absolute atomic E-state index is 11.7. The number of rotatable bonds is 9. The normalized spacial score (nSPS) is 10.8. The Bertz CT molecular complexity index is 881. The van der Waals surface area contributed by atoms with Gasteiger partial charge in [0.25, 0.3) is 0 Å². The van der Waals surface area contributed by atoms with Crippen molar-refractivity contribution < 1.29 is 23.9 Å². The Kier molecular flexibility index (Phi) is 7.48. The lowest BCUT2D eigenvalue weighted by molar-refractivity contribution is -0.130. The summed E-state index contributed by atoms with van der Waals surface area (Å²) in [6, 6.07) is 14.4. The first-order valence-corrected chi connectivity index (χ1v) is 9.57. The molecule has 156 valence electrons. The van der Waals surface area contributed by atoms with E-state index in [4.69, 9.17) is 9.47 Å². The first-order valence-electron chi connectivity index (χ1n) is 9.57. The van der Waals surface area contributed by atoms with Gasteiger partial charge in [0.15, 0.2) is 0 Å². The molecule has 0 atom stereocenters. The number of aldehydes is 1. The molecule has 0 aliphatic carbocycles. The minimum Gasteiger partial charge on any atom is -0.423 e. The Hall–Kier alpha value is -3.47. The van der Waals surface area contributed by atoms with Crippen LogP contribution in [-0.2, 0) is 19.8 Å². The van der Waals surface area contributed by atoms with E-state index in [1.54, 1.807) is 38.1 Å². The SMILES string of the molecule is C=C(C)C(=O)Oc1ccc(C(C)(CCC=O)c2ccc(OC(=O)C(=C)C)cc2)cc1. The molecule has 0 radical (unpaired) electrons. The van der Waals surface area contributed by atoms with Crippen LogP contribution in [0.2, 0.25) is 0 Å². The van der Waals surface area contributed by atoms with Gasteiger partial charge in [0, 0.05) is 23.0 Å². The van der Waals surface area contributed by atoms with E-state index in [-0.39, 0.29) is 0 Å². The van der Waals surface area contributed by atoms with Gasteiger partial charge >= 0.3 is 11.9 Å². The highest BCUT2D eigenvalue weighted by Crippen LogP contribution is 2.37. The maximum Gasteiger partial charge on any atom is 0.338 e. The van der Waals surface area contributed by atoms with Crippen LogP contribution < -0.4 is 9.47 Å². The van der Waals surface area contributed by atoms with Crippen molar-refractivity contribution >= 4 is 18.2 Å². The van der Waals surface area contributed by atoms with Gasteiger partial charge in [0.2, 0.25) is 0 Å². The van der Waals surface area contributed by atoms with E-state index in [1.807, 2.05) is 31.2 Å². The van der Waals surface area contributed by atoms with Crippen LogP contribution in [0.3, 0.4) is 0 Å². The molecule has 0 saturated heterocycles. The number of ether oxygens (including phenoxy) is 2. The predicted molar refractivity (Wildman–Crippen MR) is 116 cm³/mol. The minimum atomic E-state index is -0.480. The molecule has 2 aromatic carbocycles. The number of carbonyl (C=O) groups excluding carboxylic acids is 3. The van der Waals surface area contributed by atoms with Crippen LogP contribution in [0.1, 0.15) is 44.7 Å². The molecular weight excluding hydrogens is 380 g/mol. The van der Waals surface area contributed by atoms with Gasteiger partial charge in [-0.25, -0.2) is 9.59 Å². The molecule has 2 aromatic rings. The van der Waals surface area contributed by atoms with Gasteiger partial charge in [0.05, 0.1) is 0 Å². The Labute approximate surface area is 177 Å². The summed E-state index contributed by atoms with van der Waals surface area (Å²) in [6.45, 7) is 12.4. The Morgan fingerprint density at radius 3 is 1.50 bits per heavy atom. The molecule has 0 amide bonds. The first kappa shape index (κ1) is 22.8. The fraction of sp³-hybridized carbons (Fsp3) is 0.240. The van der Waals surface area contributed by atoms with Crippen LogP contribution in [0, 0.1) is 0 Å². The number of esters is 2. The highest BCUT2D eigenvalue weighted by atomic mass is 16.5. The second kappa shape index (κ2) is 9.83. The summed E-state index contributed by atoms with van der Waals surface area (Å²) in [4.78, 5) is 34.5. The van der Waals surface area contributed by atoms with Crippen molar-refractivity contribution in [1.29, 1.82) is 0 Å². The molecule has 30 heavy (non-hydrogen) atoms. The number of benzene rings is 2. The fourth-order valence-corrected chi connectivity index (χ4v) is 2.97. The monoisotopic (exact) mass is 406 g/mol. The summed E-state index contributed by atoms with van der Waals surface area (Å²) in [5.74, 6) is -0.115. The second-order valence-electron chi connectivity index (χ2n) is 7.43.